The Morgan fingerprint density at radius 2 is 1.91 bits per heavy atom. The number of carbonyl (C=O) groups is 1. The van der Waals surface area contributed by atoms with Gasteiger partial charge in [0.05, 0.1) is 14.2 Å². The average molecular weight is 317 g/mol. The summed E-state index contributed by atoms with van der Waals surface area (Å²) in [7, 11) is 2.91. The van der Waals surface area contributed by atoms with Crippen LogP contribution in [0.1, 0.15) is 23.5 Å². The zero-order valence-corrected chi connectivity index (χ0v) is 12.7. The predicted molar refractivity (Wildman–Crippen MR) is 83.2 cm³/mol. The van der Waals surface area contributed by atoms with E-state index in [-0.39, 0.29) is 18.1 Å². The number of amides is 1. The number of benzene rings is 1. The minimum absolute atomic E-state index is 0.116. The van der Waals surface area contributed by atoms with E-state index in [2.05, 4.69) is 10.3 Å². The molecule has 0 spiro atoms. The zero-order chi connectivity index (χ0) is 16.6. The molecule has 120 valence electrons. The summed E-state index contributed by atoms with van der Waals surface area (Å²) in [6.45, 7) is 0. The van der Waals surface area contributed by atoms with Crippen molar-refractivity contribution in [2.24, 2.45) is 0 Å². The van der Waals surface area contributed by atoms with Gasteiger partial charge in [-0.3, -0.25) is 4.79 Å². The van der Waals surface area contributed by atoms with Crippen LogP contribution in [0.4, 0.5) is 16.0 Å². The normalized spacial score (nSPS) is 16.5. The van der Waals surface area contributed by atoms with E-state index in [1.807, 2.05) is 0 Å². The number of aromatic nitrogens is 1. The summed E-state index contributed by atoms with van der Waals surface area (Å²) >= 11 is 0. The molecule has 7 heteroatoms. The predicted octanol–water partition coefficient (Wildman–Crippen LogP) is 2.29. The van der Waals surface area contributed by atoms with Gasteiger partial charge in [-0.1, -0.05) is 6.07 Å². The fraction of sp³-hybridized carbons (Fsp3) is 0.250. The minimum Gasteiger partial charge on any atom is -0.493 e. The summed E-state index contributed by atoms with van der Waals surface area (Å²) in [5, 5.41) is 2.66. The lowest BCUT2D eigenvalue weighted by Crippen LogP contribution is -2.25. The molecule has 0 saturated carbocycles. The second-order valence-corrected chi connectivity index (χ2v) is 5.21. The maximum absolute atomic E-state index is 14.5. The molecule has 6 nitrogen and oxygen atoms in total. The molecule has 0 saturated heterocycles. The first-order chi connectivity index (χ1) is 11.0. The highest BCUT2D eigenvalue weighted by atomic mass is 19.1. The zero-order valence-electron chi connectivity index (χ0n) is 12.7. The van der Waals surface area contributed by atoms with Crippen molar-refractivity contribution in [1.82, 2.24) is 4.98 Å². The van der Waals surface area contributed by atoms with Crippen LogP contribution < -0.4 is 20.5 Å². The summed E-state index contributed by atoms with van der Waals surface area (Å²) in [5.41, 5.74) is 6.72. The third-order valence-electron chi connectivity index (χ3n) is 3.85. The molecule has 23 heavy (non-hydrogen) atoms. The summed E-state index contributed by atoms with van der Waals surface area (Å²) in [4.78, 5) is 16.1. The summed E-state index contributed by atoms with van der Waals surface area (Å²) in [5.74, 6) is 0.175. The lowest BCUT2D eigenvalue weighted by atomic mass is 9.85. The van der Waals surface area contributed by atoms with E-state index in [9.17, 15) is 9.18 Å². The Hall–Kier alpha value is -2.83. The van der Waals surface area contributed by atoms with Gasteiger partial charge >= 0.3 is 0 Å². The van der Waals surface area contributed by atoms with E-state index < -0.39 is 11.7 Å². The number of hydrogen-bond acceptors (Lipinski definition) is 5. The van der Waals surface area contributed by atoms with Gasteiger partial charge in [-0.05, 0) is 17.7 Å². The van der Waals surface area contributed by atoms with E-state index in [1.165, 1.54) is 20.3 Å². The van der Waals surface area contributed by atoms with Gasteiger partial charge in [0.1, 0.15) is 17.5 Å². The summed E-state index contributed by atoms with van der Waals surface area (Å²) < 4.78 is 24.8. The minimum atomic E-state index is -0.467. The number of rotatable bonds is 3. The smallest absolute Gasteiger partial charge is 0.226 e. The number of halogens is 1. The molecule has 1 aromatic carbocycles. The number of hydrogen-bond donors (Lipinski definition) is 2. The number of carbonyl (C=O) groups excluding carboxylic acids is 1. The first kappa shape index (κ1) is 15.1. The van der Waals surface area contributed by atoms with E-state index in [1.54, 1.807) is 18.2 Å². The molecule has 1 aliphatic heterocycles. The monoisotopic (exact) mass is 317 g/mol. The van der Waals surface area contributed by atoms with Crippen LogP contribution in [0.5, 0.6) is 11.5 Å². The number of ether oxygens (including phenoxy) is 2. The Kier molecular flexibility index (Phi) is 3.77. The molecule has 1 amide bonds. The van der Waals surface area contributed by atoms with Crippen molar-refractivity contribution in [3.8, 4) is 11.5 Å². The van der Waals surface area contributed by atoms with E-state index >= 15 is 0 Å². The molecule has 3 N–H and O–H groups in total. The molecular formula is C16H16FN3O3. The Labute approximate surface area is 132 Å². The number of pyridine rings is 1. The van der Waals surface area contributed by atoms with Crippen molar-refractivity contribution in [3.05, 3.63) is 41.2 Å². The van der Waals surface area contributed by atoms with Gasteiger partial charge in [0.25, 0.3) is 0 Å². The fourth-order valence-electron chi connectivity index (χ4n) is 2.76. The lowest BCUT2D eigenvalue weighted by molar-refractivity contribution is -0.116. The maximum atomic E-state index is 14.5. The van der Waals surface area contributed by atoms with Gasteiger partial charge in [-0.2, -0.15) is 0 Å². The van der Waals surface area contributed by atoms with Gasteiger partial charge in [-0.15, -0.1) is 0 Å². The van der Waals surface area contributed by atoms with Crippen LogP contribution in [0.25, 0.3) is 0 Å². The molecule has 2 aromatic rings. The molecule has 0 unspecified atom stereocenters. The van der Waals surface area contributed by atoms with Crippen LogP contribution in [0.15, 0.2) is 24.3 Å². The number of nitrogens with two attached hydrogens (primary N) is 1. The number of nitrogens with zero attached hydrogens (tertiary/aromatic N) is 1. The van der Waals surface area contributed by atoms with Crippen molar-refractivity contribution in [1.29, 1.82) is 0 Å². The molecule has 1 aromatic heterocycles. The van der Waals surface area contributed by atoms with Crippen LogP contribution >= 0.6 is 0 Å². The molecule has 2 heterocycles. The van der Waals surface area contributed by atoms with Gasteiger partial charge in [-0.25, -0.2) is 9.37 Å². The van der Waals surface area contributed by atoms with Crippen LogP contribution in [-0.2, 0) is 4.79 Å². The average Bonchev–Trinajstić information content (AvgIpc) is 2.53. The number of nitrogen functional groups attached to an aromatic ring is 1. The van der Waals surface area contributed by atoms with Gasteiger partial charge in [0, 0.05) is 24.0 Å². The van der Waals surface area contributed by atoms with Crippen LogP contribution in [0.3, 0.4) is 0 Å². The first-order valence-corrected chi connectivity index (χ1v) is 7.01. The summed E-state index contributed by atoms with van der Waals surface area (Å²) in [6, 6.07) is 6.18. The number of anilines is 2. The first-order valence-electron chi connectivity index (χ1n) is 7.01. The summed E-state index contributed by atoms with van der Waals surface area (Å²) in [6.07, 6.45) is 0.116. The Balaban J connectivity index is 2.14. The van der Waals surface area contributed by atoms with E-state index in [4.69, 9.17) is 15.2 Å². The van der Waals surface area contributed by atoms with Gasteiger partial charge < -0.3 is 20.5 Å². The van der Waals surface area contributed by atoms with Crippen molar-refractivity contribution >= 4 is 17.5 Å². The highest BCUT2D eigenvalue weighted by Gasteiger charge is 2.30. The van der Waals surface area contributed by atoms with E-state index in [0.717, 1.165) is 0 Å². The van der Waals surface area contributed by atoms with Crippen molar-refractivity contribution in [3.63, 3.8) is 0 Å². The molecule has 0 radical (unpaired) electrons. The quantitative estimate of drug-likeness (QED) is 0.907. The SMILES string of the molecule is COc1cc(F)c([C@@H]2CC(=O)Nc3nc(N)ccc32)cc1OC. The number of nitrogens with one attached hydrogen (secondary N) is 1. The lowest BCUT2D eigenvalue weighted by Gasteiger charge is -2.26. The molecule has 0 fully saturated rings. The Morgan fingerprint density at radius 1 is 1.22 bits per heavy atom. The molecule has 0 bridgehead atoms. The third-order valence-corrected chi connectivity index (χ3v) is 3.85. The van der Waals surface area contributed by atoms with Gasteiger partial charge in [0.15, 0.2) is 11.5 Å². The second-order valence-electron chi connectivity index (χ2n) is 5.21. The van der Waals surface area contributed by atoms with E-state index in [0.29, 0.717) is 28.4 Å². The Bertz CT molecular complexity index is 779. The molecule has 1 atom stereocenters. The molecule has 3 rings (SSSR count). The standard InChI is InChI=1S/C16H16FN3O3/c1-22-12-5-10(11(17)7-13(12)23-2)9-6-15(21)20-16-8(9)3-4-14(18)19-16/h3-5,7,9H,6H2,1-2H3,(H3,18,19,20,21)/t9-/m1/s1. The number of methoxy groups -OCH3 is 2. The fourth-order valence-corrected chi connectivity index (χ4v) is 2.76. The maximum Gasteiger partial charge on any atom is 0.226 e. The highest BCUT2D eigenvalue weighted by molar-refractivity contribution is 5.94. The van der Waals surface area contributed by atoms with Gasteiger partial charge in [0.2, 0.25) is 5.91 Å². The Morgan fingerprint density at radius 3 is 2.61 bits per heavy atom. The van der Waals surface area contributed by atoms with Crippen LogP contribution in [0.2, 0.25) is 0 Å². The molecule has 1 aliphatic rings. The second kappa shape index (κ2) is 5.75. The van der Waals surface area contributed by atoms with Crippen molar-refractivity contribution < 1.29 is 18.7 Å². The third kappa shape index (κ3) is 2.65. The van der Waals surface area contributed by atoms with Crippen LogP contribution in [0, 0.1) is 5.82 Å². The molecule has 0 aliphatic carbocycles. The van der Waals surface area contributed by atoms with Crippen molar-refractivity contribution in [2.45, 2.75) is 12.3 Å². The topological polar surface area (TPSA) is 86.5 Å². The largest absolute Gasteiger partial charge is 0.493 e. The number of fused-ring (bicyclic) bond motifs is 1. The molecular weight excluding hydrogens is 301 g/mol. The van der Waals surface area contributed by atoms with Crippen molar-refractivity contribution in [2.75, 3.05) is 25.3 Å². The highest BCUT2D eigenvalue weighted by Crippen LogP contribution is 2.41. The van der Waals surface area contributed by atoms with Crippen LogP contribution in [-0.4, -0.2) is 25.1 Å².